The second kappa shape index (κ2) is 7.15. The van der Waals surface area contributed by atoms with Crippen molar-refractivity contribution in [3.63, 3.8) is 0 Å². The van der Waals surface area contributed by atoms with Gasteiger partial charge in [-0.25, -0.2) is 0 Å². The Morgan fingerprint density at radius 1 is 1.33 bits per heavy atom. The van der Waals surface area contributed by atoms with Gasteiger partial charge < -0.3 is 16.0 Å². The van der Waals surface area contributed by atoms with Gasteiger partial charge in [0.25, 0.3) is 5.91 Å². The first-order chi connectivity index (χ1) is 11.6. The van der Waals surface area contributed by atoms with Gasteiger partial charge in [0.15, 0.2) is 0 Å². The fraction of sp³-hybridized carbons (Fsp3) is 0.333. The van der Waals surface area contributed by atoms with E-state index < -0.39 is 5.91 Å². The van der Waals surface area contributed by atoms with E-state index in [1.807, 2.05) is 4.90 Å². The lowest BCUT2D eigenvalue weighted by molar-refractivity contribution is 0.0639. The van der Waals surface area contributed by atoms with Crippen molar-refractivity contribution < 1.29 is 9.59 Å². The summed E-state index contributed by atoms with van der Waals surface area (Å²) < 4.78 is 0. The summed E-state index contributed by atoms with van der Waals surface area (Å²) in [5.74, 6) is -0.545. The molecule has 1 saturated heterocycles. The summed E-state index contributed by atoms with van der Waals surface area (Å²) >= 11 is 1.27. The Morgan fingerprint density at radius 3 is 2.71 bits per heavy atom. The molecular formula is C18H21N3O2S. The molecule has 1 fully saturated rings. The number of hydrogen-bond donors (Lipinski definition) is 2. The number of carbonyl (C=O) groups is 2. The first-order valence-corrected chi connectivity index (χ1v) is 8.97. The number of piperazine rings is 1. The molecule has 2 heterocycles. The number of nitrogens with zero attached hydrogens (tertiary/aromatic N) is 1. The number of carbonyl (C=O) groups excluding carboxylic acids is 2. The topological polar surface area (TPSA) is 75.4 Å². The third-order valence-electron chi connectivity index (χ3n) is 4.37. The number of aryl methyl sites for hydroxylation is 1. The molecule has 2 aromatic rings. The van der Waals surface area contributed by atoms with Crippen LogP contribution in [0.3, 0.4) is 0 Å². The first-order valence-electron chi connectivity index (χ1n) is 8.09. The molecule has 2 amide bonds. The number of primary amides is 1. The standard InChI is InChI=1S/C18H21N3O2S/c1-2-12-3-5-13(6-4-12)15-10-20-7-8-21(15)18(23)16-9-14(11-24-16)17(19)22/h3-6,9,11,15,20H,2,7-8,10H2,1H3,(H2,19,22). The monoisotopic (exact) mass is 343 g/mol. The predicted molar refractivity (Wildman–Crippen MR) is 95.3 cm³/mol. The summed E-state index contributed by atoms with van der Waals surface area (Å²) in [4.78, 5) is 26.6. The predicted octanol–water partition coefficient (Wildman–Crippen LogP) is 2.20. The largest absolute Gasteiger partial charge is 0.366 e. The van der Waals surface area contributed by atoms with Gasteiger partial charge in [-0.1, -0.05) is 31.2 Å². The van der Waals surface area contributed by atoms with Gasteiger partial charge in [0.2, 0.25) is 5.91 Å². The van der Waals surface area contributed by atoms with Crippen LogP contribution in [0.15, 0.2) is 35.7 Å². The van der Waals surface area contributed by atoms with E-state index in [0.29, 0.717) is 17.0 Å². The van der Waals surface area contributed by atoms with Gasteiger partial charge in [-0.3, -0.25) is 9.59 Å². The molecule has 0 aliphatic carbocycles. The van der Waals surface area contributed by atoms with Crippen molar-refractivity contribution in [2.45, 2.75) is 19.4 Å². The SMILES string of the molecule is CCc1ccc(C2CNCCN2C(=O)c2cc(C(N)=O)cs2)cc1. The van der Waals surface area contributed by atoms with Crippen LogP contribution in [-0.2, 0) is 6.42 Å². The molecule has 1 unspecified atom stereocenters. The average Bonchev–Trinajstić information content (AvgIpc) is 3.12. The Kier molecular flexibility index (Phi) is 4.97. The molecule has 1 atom stereocenters. The number of amides is 2. The number of benzene rings is 1. The minimum atomic E-state index is -0.502. The molecule has 3 rings (SSSR count). The molecule has 1 aromatic carbocycles. The molecule has 0 spiro atoms. The van der Waals surface area contributed by atoms with Crippen LogP contribution in [0.4, 0.5) is 0 Å². The van der Waals surface area contributed by atoms with Crippen molar-refractivity contribution >= 4 is 23.2 Å². The molecule has 0 saturated carbocycles. The van der Waals surface area contributed by atoms with E-state index in [0.717, 1.165) is 25.1 Å². The summed E-state index contributed by atoms with van der Waals surface area (Å²) in [6.45, 7) is 4.26. The fourth-order valence-corrected chi connectivity index (χ4v) is 3.79. The van der Waals surface area contributed by atoms with Crippen molar-refractivity contribution in [1.82, 2.24) is 10.2 Å². The van der Waals surface area contributed by atoms with Gasteiger partial charge in [-0.2, -0.15) is 0 Å². The molecule has 126 valence electrons. The number of thiophene rings is 1. The summed E-state index contributed by atoms with van der Waals surface area (Å²) in [6, 6.07) is 10.0. The van der Waals surface area contributed by atoms with Crippen LogP contribution < -0.4 is 11.1 Å². The number of hydrogen-bond acceptors (Lipinski definition) is 4. The van der Waals surface area contributed by atoms with Crippen molar-refractivity contribution in [3.05, 3.63) is 57.3 Å². The summed E-state index contributed by atoms with van der Waals surface area (Å²) in [6.07, 6.45) is 0.997. The summed E-state index contributed by atoms with van der Waals surface area (Å²) in [5.41, 5.74) is 8.08. The molecular weight excluding hydrogens is 322 g/mol. The minimum absolute atomic E-state index is 0.00344. The van der Waals surface area contributed by atoms with Gasteiger partial charge in [0.1, 0.15) is 0 Å². The molecule has 3 N–H and O–H groups in total. The maximum Gasteiger partial charge on any atom is 0.264 e. The highest BCUT2D eigenvalue weighted by molar-refractivity contribution is 7.12. The van der Waals surface area contributed by atoms with Crippen LogP contribution >= 0.6 is 11.3 Å². The fourth-order valence-electron chi connectivity index (χ4n) is 2.94. The molecule has 1 aliphatic rings. The highest BCUT2D eigenvalue weighted by Crippen LogP contribution is 2.26. The van der Waals surface area contributed by atoms with Crippen LogP contribution in [0.5, 0.6) is 0 Å². The van der Waals surface area contributed by atoms with Crippen molar-refractivity contribution in [3.8, 4) is 0 Å². The quantitative estimate of drug-likeness (QED) is 0.893. The molecule has 5 nitrogen and oxygen atoms in total. The zero-order valence-corrected chi connectivity index (χ0v) is 14.4. The second-order valence-electron chi connectivity index (χ2n) is 5.88. The molecule has 0 bridgehead atoms. The van der Waals surface area contributed by atoms with E-state index in [4.69, 9.17) is 5.73 Å². The Bertz CT molecular complexity index is 739. The third kappa shape index (κ3) is 3.34. The highest BCUT2D eigenvalue weighted by Gasteiger charge is 2.29. The number of rotatable bonds is 4. The highest BCUT2D eigenvalue weighted by atomic mass is 32.1. The van der Waals surface area contributed by atoms with Crippen LogP contribution in [0.25, 0.3) is 0 Å². The first kappa shape index (κ1) is 16.7. The molecule has 6 heteroatoms. The van der Waals surface area contributed by atoms with Gasteiger partial charge in [0.05, 0.1) is 16.5 Å². The molecule has 24 heavy (non-hydrogen) atoms. The number of nitrogens with two attached hydrogens (primary N) is 1. The van der Waals surface area contributed by atoms with Crippen LogP contribution in [0.1, 0.15) is 44.1 Å². The Balaban J connectivity index is 1.85. The van der Waals surface area contributed by atoms with Gasteiger partial charge >= 0.3 is 0 Å². The third-order valence-corrected chi connectivity index (χ3v) is 5.29. The zero-order chi connectivity index (χ0) is 17.1. The van der Waals surface area contributed by atoms with E-state index in [9.17, 15) is 9.59 Å². The lowest BCUT2D eigenvalue weighted by Crippen LogP contribution is -2.48. The zero-order valence-electron chi connectivity index (χ0n) is 13.6. The van der Waals surface area contributed by atoms with E-state index in [-0.39, 0.29) is 11.9 Å². The van der Waals surface area contributed by atoms with Crippen molar-refractivity contribution in [2.75, 3.05) is 19.6 Å². The average molecular weight is 343 g/mol. The maximum atomic E-state index is 12.9. The smallest absolute Gasteiger partial charge is 0.264 e. The summed E-state index contributed by atoms with van der Waals surface area (Å²) in [7, 11) is 0. The molecule has 0 radical (unpaired) electrons. The minimum Gasteiger partial charge on any atom is -0.366 e. The Morgan fingerprint density at radius 2 is 2.08 bits per heavy atom. The maximum absolute atomic E-state index is 12.9. The molecule has 1 aromatic heterocycles. The second-order valence-corrected chi connectivity index (χ2v) is 6.79. The normalized spacial score (nSPS) is 17.7. The van der Waals surface area contributed by atoms with Crippen LogP contribution in [-0.4, -0.2) is 36.3 Å². The number of nitrogens with one attached hydrogen (secondary N) is 1. The van der Waals surface area contributed by atoms with E-state index in [1.54, 1.807) is 11.4 Å². The van der Waals surface area contributed by atoms with Gasteiger partial charge in [-0.15, -0.1) is 11.3 Å². The lowest BCUT2D eigenvalue weighted by atomic mass is 10.0. The van der Waals surface area contributed by atoms with Crippen molar-refractivity contribution in [1.29, 1.82) is 0 Å². The van der Waals surface area contributed by atoms with Crippen LogP contribution in [0, 0.1) is 0 Å². The van der Waals surface area contributed by atoms with E-state index in [2.05, 4.69) is 36.5 Å². The van der Waals surface area contributed by atoms with E-state index >= 15 is 0 Å². The summed E-state index contributed by atoms with van der Waals surface area (Å²) in [5, 5.41) is 5.00. The Hall–Kier alpha value is -2.18. The van der Waals surface area contributed by atoms with Gasteiger partial charge in [-0.05, 0) is 23.6 Å². The lowest BCUT2D eigenvalue weighted by Gasteiger charge is -2.36. The molecule has 1 aliphatic heterocycles. The Labute approximate surface area is 145 Å². The van der Waals surface area contributed by atoms with Crippen molar-refractivity contribution in [2.24, 2.45) is 5.73 Å². The van der Waals surface area contributed by atoms with Gasteiger partial charge in [0, 0.05) is 25.0 Å². The van der Waals surface area contributed by atoms with Crippen LogP contribution in [0.2, 0.25) is 0 Å². The van der Waals surface area contributed by atoms with E-state index in [1.165, 1.54) is 16.9 Å².